The summed E-state index contributed by atoms with van der Waals surface area (Å²) in [5.41, 5.74) is 1.86. The normalized spacial score (nSPS) is 22.7. The Morgan fingerprint density at radius 2 is 1.58 bits per heavy atom. The first-order valence-corrected chi connectivity index (χ1v) is 18.4. The van der Waals surface area contributed by atoms with Gasteiger partial charge < -0.3 is 28.5 Å². The van der Waals surface area contributed by atoms with Crippen molar-refractivity contribution in [3.63, 3.8) is 0 Å². The van der Waals surface area contributed by atoms with Gasteiger partial charge in [-0.1, -0.05) is 80.6 Å². The van der Waals surface area contributed by atoms with Crippen LogP contribution in [0.1, 0.15) is 42.3 Å². The van der Waals surface area contributed by atoms with Gasteiger partial charge in [-0.05, 0) is 67.0 Å². The highest BCUT2D eigenvalue weighted by molar-refractivity contribution is 7.99. The summed E-state index contributed by atoms with van der Waals surface area (Å²) in [4.78, 5) is 14.5. The third-order valence-corrected chi connectivity index (χ3v) is 13.8. The van der Waals surface area contributed by atoms with E-state index in [1.165, 1.54) is 11.8 Å². The second-order valence-electron chi connectivity index (χ2n) is 12.4. The monoisotopic (exact) mass is 624 g/mol. The lowest BCUT2D eigenvalue weighted by Gasteiger charge is -2.49. The number of rotatable bonds is 11. The molecule has 0 amide bonds. The van der Waals surface area contributed by atoms with Crippen LogP contribution in [0.25, 0.3) is 0 Å². The Morgan fingerprint density at radius 3 is 2.16 bits per heavy atom. The van der Waals surface area contributed by atoms with Crippen LogP contribution in [-0.2, 0) is 25.2 Å². The van der Waals surface area contributed by atoms with E-state index in [-0.39, 0.29) is 18.3 Å². The smallest absolute Gasteiger partial charge is 0.338 e. The lowest BCUT2D eigenvalue weighted by Crippen LogP contribution is -2.63. The minimum Gasteiger partial charge on any atom is -0.497 e. The summed E-state index contributed by atoms with van der Waals surface area (Å²) in [6.07, 6.45) is -2.93. The van der Waals surface area contributed by atoms with Crippen LogP contribution in [0.3, 0.4) is 0 Å². The molecule has 43 heavy (non-hydrogen) atoms. The molecule has 1 aliphatic heterocycles. The van der Waals surface area contributed by atoms with E-state index < -0.39 is 44.1 Å². The van der Waals surface area contributed by atoms with Crippen molar-refractivity contribution in [2.45, 2.75) is 87.2 Å². The topological polar surface area (TPSA) is 83.5 Å². The Balaban J connectivity index is 1.73. The summed E-state index contributed by atoms with van der Waals surface area (Å²) in [7, 11) is -0.806. The van der Waals surface area contributed by atoms with Crippen LogP contribution in [0.15, 0.2) is 83.8 Å². The van der Waals surface area contributed by atoms with Gasteiger partial charge in [0.25, 0.3) is 0 Å². The van der Waals surface area contributed by atoms with Gasteiger partial charge in [-0.25, -0.2) is 4.79 Å². The summed E-state index contributed by atoms with van der Waals surface area (Å²) in [5.74, 6) is 0.282. The van der Waals surface area contributed by atoms with Crippen LogP contribution in [0.2, 0.25) is 18.1 Å². The number of carbonyl (C=O) groups excluding carboxylic acids is 1. The van der Waals surface area contributed by atoms with Gasteiger partial charge in [0.05, 0.1) is 25.9 Å². The molecule has 0 unspecified atom stereocenters. The molecule has 0 bridgehead atoms. The molecule has 7 nitrogen and oxygen atoms in total. The molecule has 0 saturated carbocycles. The molecule has 232 valence electrons. The first kappa shape index (κ1) is 33.2. The van der Waals surface area contributed by atoms with Crippen LogP contribution >= 0.6 is 11.8 Å². The molecule has 0 spiro atoms. The Bertz CT molecular complexity index is 1310. The van der Waals surface area contributed by atoms with E-state index in [4.69, 9.17) is 23.4 Å². The standard InChI is InChI=1S/C34H44O7SSi/c1-23-13-19-27(20-14-23)42-33-31(40-32(36)25-11-9-8-10-12-25)30(41-43(6,7)34(2,3)4)29(28(21-35)39-33)38-22-24-15-17-26(37-5)18-16-24/h8-20,28-31,33,35H,21-22H2,1-7H3/t28-,29-,30+,31-,33+/m1/s1. The molecule has 0 radical (unpaired) electrons. The molecular weight excluding hydrogens is 581 g/mol. The molecule has 0 aliphatic carbocycles. The number of esters is 1. The Kier molecular flexibility index (Phi) is 11.1. The van der Waals surface area contributed by atoms with E-state index in [1.54, 1.807) is 31.4 Å². The van der Waals surface area contributed by atoms with E-state index in [1.807, 2.05) is 61.5 Å². The second kappa shape index (κ2) is 14.4. The summed E-state index contributed by atoms with van der Waals surface area (Å²) < 4.78 is 31.7. The number of hydrogen-bond donors (Lipinski definition) is 1. The van der Waals surface area contributed by atoms with Crippen molar-refractivity contribution in [1.82, 2.24) is 0 Å². The SMILES string of the molecule is COc1ccc(CO[C@H]2[C@H](O[Si](C)(C)C(C)(C)C)[C@@H](OC(=O)c3ccccc3)[C@H](Sc3ccc(C)cc3)O[C@@H]2CO)cc1. The third-order valence-electron chi connectivity index (χ3n) is 8.14. The summed E-state index contributed by atoms with van der Waals surface area (Å²) in [5, 5.41) is 10.5. The maximum Gasteiger partial charge on any atom is 0.338 e. The van der Waals surface area contributed by atoms with E-state index in [0.29, 0.717) is 5.56 Å². The van der Waals surface area contributed by atoms with Gasteiger partial charge in [-0.3, -0.25) is 0 Å². The van der Waals surface area contributed by atoms with Crippen LogP contribution in [0, 0.1) is 6.92 Å². The maximum absolute atomic E-state index is 13.5. The molecule has 1 aliphatic rings. The molecule has 0 aromatic heterocycles. The minimum absolute atomic E-state index is 0.131. The molecule has 3 aromatic rings. The highest BCUT2D eigenvalue weighted by Gasteiger charge is 2.53. The predicted molar refractivity (Wildman–Crippen MR) is 172 cm³/mol. The summed E-state index contributed by atoms with van der Waals surface area (Å²) in [6.45, 7) is 12.8. The van der Waals surface area contributed by atoms with Gasteiger partial charge in [0.15, 0.2) is 14.4 Å². The number of aliphatic hydroxyl groups is 1. The fourth-order valence-corrected chi connectivity index (χ4v) is 6.94. The Morgan fingerprint density at radius 1 is 0.930 bits per heavy atom. The van der Waals surface area contributed by atoms with Gasteiger partial charge in [0.2, 0.25) is 0 Å². The van der Waals surface area contributed by atoms with Gasteiger partial charge in [-0.2, -0.15) is 0 Å². The van der Waals surface area contributed by atoms with Crippen LogP contribution in [-0.4, -0.2) is 63.0 Å². The first-order valence-electron chi connectivity index (χ1n) is 14.6. The molecular formula is C34H44O7SSi. The summed E-state index contributed by atoms with van der Waals surface area (Å²) >= 11 is 1.45. The largest absolute Gasteiger partial charge is 0.497 e. The highest BCUT2D eigenvalue weighted by atomic mass is 32.2. The van der Waals surface area contributed by atoms with E-state index in [2.05, 4.69) is 33.9 Å². The number of aryl methyl sites for hydroxylation is 1. The molecule has 1 fully saturated rings. The molecule has 1 saturated heterocycles. The number of aliphatic hydroxyl groups excluding tert-OH is 1. The van der Waals surface area contributed by atoms with E-state index in [0.717, 1.165) is 21.8 Å². The molecule has 4 rings (SSSR count). The maximum atomic E-state index is 13.5. The average molecular weight is 625 g/mol. The quantitative estimate of drug-likeness (QED) is 0.180. The predicted octanol–water partition coefficient (Wildman–Crippen LogP) is 7.01. The first-order chi connectivity index (χ1) is 20.4. The molecule has 9 heteroatoms. The molecule has 3 aromatic carbocycles. The highest BCUT2D eigenvalue weighted by Crippen LogP contribution is 2.43. The second-order valence-corrected chi connectivity index (χ2v) is 18.3. The van der Waals surface area contributed by atoms with Crippen molar-refractivity contribution in [2.24, 2.45) is 0 Å². The van der Waals surface area contributed by atoms with Crippen molar-refractivity contribution in [2.75, 3.05) is 13.7 Å². The lowest BCUT2D eigenvalue weighted by molar-refractivity contribution is -0.220. The number of methoxy groups -OCH3 is 1. The van der Waals surface area contributed by atoms with Gasteiger partial charge >= 0.3 is 5.97 Å². The number of carbonyl (C=O) groups is 1. The van der Waals surface area contributed by atoms with Crippen LogP contribution < -0.4 is 4.74 Å². The van der Waals surface area contributed by atoms with Gasteiger partial charge in [0, 0.05) is 4.90 Å². The zero-order chi connectivity index (χ0) is 31.2. The third kappa shape index (κ3) is 8.50. The lowest BCUT2D eigenvalue weighted by atomic mass is 9.99. The minimum atomic E-state index is -2.43. The number of hydrogen-bond acceptors (Lipinski definition) is 8. The summed E-state index contributed by atoms with van der Waals surface area (Å²) in [6, 6.07) is 24.6. The number of thioether (sulfide) groups is 1. The van der Waals surface area contributed by atoms with Crippen molar-refractivity contribution >= 4 is 26.0 Å². The van der Waals surface area contributed by atoms with E-state index in [9.17, 15) is 9.90 Å². The van der Waals surface area contributed by atoms with E-state index >= 15 is 0 Å². The average Bonchev–Trinajstić information content (AvgIpc) is 2.99. The van der Waals surface area contributed by atoms with Crippen LogP contribution in [0.4, 0.5) is 0 Å². The van der Waals surface area contributed by atoms with Crippen molar-refractivity contribution in [3.05, 3.63) is 95.6 Å². The fraction of sp³-hybridized carbons (Fsp3) is 0.441. The molecule has 1 heterocycles. The van der Waals surface area contributed by atoms with Crippen molar-refractivity contribution < 1.29 is 33.3 Å². The van der Waals surface area contributed by atoms with Crippen molar-refractivity contribution in [1.29, 1.82) is 0 Å². The zero-order valence-corrected chi connectivity index (χ0v) is 27.9. The van der Waals surface area contributed by atoms with Gasteiger partial charge in [-0.15, -0.1) is 0 Å². The molecule has 1 N–H and O–H groups in total. The zero-order valence-electron chi connectivity index (χ0n) is 26.1. The Hall–Kier alpha value is -2.66. The van der Waals surface area contributed by atoms with Gasteiger partial charge in [0.1, 0.15) is 29.5 Å². The number of ether oxygens (including phenoxy) is 4. The number of benzene rings is 3. The fourth-order valence-electron chi connectivity index (χ4n) is 4.53. The van der Waals surface area contributed by atoms with Crippen LogP contribution in [0.5, 0.6) is 5.75 Å². The molecule has 5 atom stereocenters. The Labute approximate surface area is 261 Å². The van der Waals surface area contributed by atoms with Crippen molar-refractivity contribution in [3.8, 4) is 5.75 Å².